The predicted octanol–water partition coefficient (Wildman–Crippen LogP) is 4.04. The van der Waals surface area contributed by atoms with Gasteiger partial charge in [-0.25, -0.2) is 9.59 Å². The fraction of sp³-hybridized carbons (Fsp3) is 0.222. The Bertz CT molecular complexity index is 983. The number of hydrogen-bond acceptors (Lipinski definition) is 4. The summed E-state index contributed by atoms with van der Waals surface area (Å²) in [5.41, 5.74) is -9.04. The Kier molecular flexibility index (Phi) is 8.00. The van der Waals surface area contributed by atoms with Crippen LogP contribution in [-0.4, -0.2) is 26.9 Å². The molecule has 0 unspecified atom stereocenters. The Balaban J connectivity index is 2.14. The maximum Gasteiger partial charge on any atom is 0.416 e. The Morgan fingerprint density at radius 1 is 0.472 bits per heavy atom. The Hall–Kier alpha value is -3.33. The third-order valence-electron chi connectivity index (χ3n) is 3.99. The van der Waals surface area contributed by atoms with Crippen molar-refractivity contribution in [1.29, 1.82) is 0 Å². The van der Waals surface area contributed by atoms with Crippen molar-refractivity contribution in [3.05, 3.63) is 58.7 Å². The highest BCUT2D eigenvalue weighted by atomic mass is 19.4. The molecule has 18 heteroatoms. The molecule has 2 aromatic rings. The van der Waals surface area contributed by atoms with Crippen LogP contribution in [0.5, 0.6) is 0 Å². The summed E-state index contributed by atoms with van der Waals surface area (Å²) in [5.74, 6) is -4.14. The van der Waals surface area contributed by atoms with E-state index in [2.05, 4.69) is 9.31 Å². The number of carbonyl (C=O) groups excluding carboxylic acids is 2. The van der Waals surface area contributed by atoms with E-state index in [4.69, 9.17) is 0 Å². The Morgan fingerprint density at radius 2 is 0.694 bits per heavy atom. The second-order valence-electron chi connectivity index (χ2n) is 6.72. The third-order valence-corrected chi connectivity index (χ3v) is 3.99. The topological polar surface area (TPSA) is 52.6 Å². The average molecular weight is 536 g/mol. The monoisotopic (exact) mass is 536 g/mol. The summed E-state index contributed by atoms with van der Waals surface area (Å²) in [5, 5.41) is 0. The zero-order valence-electron chi connectivity index (χ0n) is 16.8. The molecule has 0 spiro atoms. The summed E-state index contributed by atoms with van der Waals surface area (Å²) in [6.45, 7) is 0. The maximum absolute atomic E-state index is 12.8. The van der Waals surface area contributed by atoms with Gasteiger partial charge in [-0.3, -0.25) is 0 Å². The SMILES string of the molecule is O=C(O[B]c1cc(C(F)(F)F)cc(C(F)(F)F)c1)C(=O)O[B]c1cc(C(F)(F)F)cc(C(F)(F)F)c1. The fourth-order valence-corrected chi connectivity index (χ4v) is 2.43. The number of carbonyl (C=O) groups is 2. The van der Waals surface area contributed by atoms with Crippen molar-refractivity contribution in [3.8, 4) is 0 Å². The van der Waals surface area contributed by atoms with Gasteiger partial charge in [-0.15, -0.1) is 0 Å². The maximum atomic E-state index is 12.8. The van der Waals surface area contributed by atoms with Crippen molar-refractivity contribution in [1.82, 2.24) is 0 Å². The molecule has 0 aliphatic carbocycles. The van der Waals surface area contributed by atoms with Gasteiger partial charge in [0.15, 0.2) is 0 Å². The van der Waals surface area contributed by atoms with Crippen LogP contribution in [-0.2, 0) is 43.6 Å². The third kappa shape index (κ3) is 7.84. The summed E-state index contributed by atoms with van der Waals surface area (Å²) in [6.07, 6.45) is -20.9. The highest BCUT2D eigenvalue weighted by Gasteiger charge is 2.38. The standard InChI is InChI=1S/C18H6B2F12O4/c21-15(22,23)7-1-8(16(24,25)26)4-11(3-7)19-35-13(33)14(34)36-20-12-5-9(17(27,28)29)2-10(6-12)18(30,31)32/h1-6H. The number of alkyl halides is 12. The number of rotatable bonds is 4. The lowest BCUT2D eigenvalue weighted by atomic mass is 9.84. The molecule has 0 aliphatic heterocycles. The van der Waals surface area contributed by atoms with Gasteiger partial charge in [-0.2, -0.15) is 52.7 Å². The molecule has 0 saturated carbocycles. The van der Waals surface area contributed by atoms with E-state index >= 15 is 0 Å². The number of hydrogen-bond donors (Lipinski definition) is 0. The van der Waals surface area contributed by atoms with Gasteiger partial charge in [-0.05, 0) is 23.1 Å². The van der Waals surface area contributed by atoms with E-state index in [9.17, 15) is 62.3 Å². The molecule has 36 heavy (non-hydrogen) atoms. The van der Waals surface area contributed by atoms with E-state index in [1.807, 2.05) is 0 Å². The molecule has 0 amide bonds. The van der Waals surface area contributed by atoms with E-state index in [1.165, 1.54) is 0 Å². The Labute approximate surface area is 193 Å². The first kappa shape index (κ1) is 28.9. The minimum absolute atomic E-state index is 0.0279. The molecule has 2 rings (SSSR count). The molecular formula is C18H6B2F12O4. The van der Waals surface area contributed by atoms with Crippen LogP contribution in [0, 0.1) is 0 Å². The quantitative estimate of drug-likeness (QED) is 0.337. The zero-order valence-corrected chi connectivity index (χ0v) is 16.8. The highest BCUT2D eigenvalue weighted by Crippen LogP contribution is 2.35. The molecule has 2 aromatic carbocycles. The molecule has 0 saturated heterocycles. The summed E-state index contributed by atoms with van der Waals surface area (Å²) in [6, 6.07) is 0.102. The summed E-state index contributed by atoms with van der Waals surface area (Å²) in [4.78, 5) is 23.2. The molecule has 2 radical (unpaired) electrons. The van der Waals surface area contributed by atoms with Crippen molar-refractivity contribution in [2.75, 3.05) is 0 Å². The van der Waals surface area contributed by atoms with E-state index in [0.717, 1.165) is 0 Å². The number of benzene rings is 2. The largest absolute Gasteiger partial charge is 0.525 e. The zero-order chi connectivity index (χ0) is 27.7. The highest BCUT2D eigenvalue weighted by molar-refractivity contribution is 6.55. The van der Waals surface area contributed by atoms with Crippen molar-refractivity contribution >= 4 is 37.8 Å². The van der Waals surface area contributed by atoms with Gasteiger partial charge < -0.3 is 9.31 Å². The van der Waals surface area contributed by atoms with Gasteiger partial charge in [0.25, 0.3) is 0 Å². The van der Waals surface area contributed by atoms with Crippen LogP contribution in [0.4, 0.5) is 52.7 Å². The van der Waals surface area contributed by atoms with Crippen LogP contribution in [0.1, 0.15) is 22.3 Å². The first-order valence-corrected chi connectivity index (χ1v) is 8.85. The minimum atomic E-state index is -5.23. The number of halogens is 12. The second kappa shape index (κ2) is 9.97. The Morgan fingerprint density at radius 3 is 0.889 bits per heavy atom. The van der Waals surface area contributed by atoms with E-state index in [0.29, 0.717) is 0 Å². The molecule has 0 fully saturated rings. The fourth-order valence-electron chi connectivity index (χ4n) is 2.43. The van der Waals surface area contributed by atoms with Gasteiger partial charge in [0, 0.05) is 0 Å². The van der Waals surface area contributed by atoms with Crippen LogP contribution >= 0.6 is 0 Å². The van der Waals surface area contributed by atoms with Crippen LogP contribution in [0.25, 0.3) is 0 Å². The van der Waals surface area contributed by atoms with Crippen molar-refractivity contribution in [2.24, 2.45) is 0 Å². The lowest BCUT2D eigenvalue weighted by Crippen LogP contribution is -2.32. The van der Waals surface area contributed by atoms with Gasteiger partial charge in [-0.1, -0.05) is 24.3 Å². The molecule has 0 aromatic heterocycles. The summed E-state index contributed by atoms with van der Waals surface area (Å²) < 4.78 is 162. The predicted molar refractivity (Wildman–Crippen MR) is 95.9 cm³/mol. The van der Waals surface area contributed by atoms with Gasteiger partial charge >= 0.3 is 51.6 Å². The molecule has 0 bridgehead atoms. The molecule has 0 N–H and O–H groups in total. The summed E-state index contributed by atoms with van der Waals surface area (Å²) in [7, 11) is 0.0558. The van der Waals surface area contributed by atoms with Crippen LogP contribution in [0.15, 0.2) is 36.4 Å². The van der Waals surface area contributed by atoms with E-state index in [-0.39, 0.29) is 51.4 Å². The van der Waals surface area contributed by atoms with Gasteiger partial charge in [0.1, 0.15) is 0 Å². The normalized spacial score (nSPS) is 12.7. The molecule has 192 valence electrons. The van der Waals surface area contributed by atoms with E-state index < -0.39 is 69.8 Å². The average Bonchev–Trinajstić information content (AvgIpc) is 2.72. The summed E-state index contributed by atoms with van der Waals surface area (Å²) >= 11 is 0. The van der Waals surface area contributed by atoms with Crippen molar-refractivity contribution in [3.63, 3.8) is 0 Å². The van der Waals surface area contributed by atoms with Crippen LogP contribution < -0.4 is 10.9 Å². The van der Waals surface area contributed by atoms with Gasteiger partial charge in [0.2, 0.25) is 0 Å². The van der Waals surface area contributed by atoms with Crippen LogP contribution in [0.2, 0.25) is 0 Å². The molecule has 0 atom stereocenters. The van der Waals surface area contributed by atoms with Gasteiger partial charge in [0.05, 0.1) is 22.3 Å². The minimum Gasteiger partial charge on any atom is -0.525 e. The lowest BCUT2D eigenvalue weighted by molar-refractivity contribution is -0.156. The second-order valence-corrected chi connectivity index (χ2v) is 6.72. The smallest absolute Gasteiger partial charge is 0.416 e. The molecule has 4 nitrogen and oxygen atoms in total. The van der Waals surface area contributed by atoms with Crippen LogP contribution in [0.3, 0.4) is 0 Å². The molecule has 0 heterocycles. The van der Waals surface area contributed by atoms with Crippen molar-refractivity contribution < 1.29 is 71.6 Å². The first-order chi connectivity index (χ1) is 16.2. The van der Waals surface area contributed by atoms with Crippen molar-refractivity contribution in [2.45, 2.75) is 24.7 Å². The molecular weight excluding hydrogens is 530 g/mol. The lowest BCUT2D eigenvalue weighted by Gasteiger charge is -2.14. The van der Waals surface area contributed by atoms with E-state index in [1.54, 1.807) is 0 Å². The first-order valence-electron chi connectivity index (χ1n) is 8.85. The molecule has 0 aliphatic rings.